The van der Waals surface area contributed by atoms with Crippen molar-refractivity contribution in [2.24, 2.45) is 0 Å². The maximum Gasteiger partial charge on any atom is 0.269 e. The summed E-state index contributed by atoms with van der Waals surface area (Å²) in [6, 6.07) is 27.8. The fourth-order valence-corrected chi connectivity index (χ4v) is 4.73. The summed E-state index contributed by atoms with van der Waals surface area (Å²) in [6.07, 6.45) is 4.24. The van der Waals surface area contributed by atoms with Gasteiger partial charge in [0.1, 0.15) is 0 Å². The van der Waals surface area contributed by atoms with Crippen molar-refractivity contribution in [2.45, 2.75) is 18.3 Å². The van der Waals surface area contributed by atoms with Crippen LogP contribution < -0.4 is 4.90 Å². The molecule has 6 nitrogen and oxygen atoms in total. The number of pyridine rings is 1. The maximum atomic E-state index is 14.3. The van der Waals surface area contributed by atoms with Gasteiger partial charge in [0.2, 0.25) is 5.91 Å². The van der Waals surface area contributed by atoms with Gasteiger partial charge in [-0.3, -0.25) is 24.8 Å². The number of para-hydroxylation sites is 2. The number of amides is 1. The van der Waals surface area contributed by atoms with Crippen LogP contribution in [0.2, 0.25) is 0 Å². The Bertz CT molecular complexity index is 1320. The van der Waals surface area contributed by atoms with Gasteiger partial charge in [0.15, 0.2) is 0 Å². The van der Waals surface area contributed by atoms with Gasteiger partial charge in [-0.15, -0.1) is 0 Å². The van der Waals surface area contributed by atoms with Gasteiger partial charge in [0, 0.05) is 30.2 Å². The van der Waals surface area contributed by atoms with Crippen molar-refractivity contribution in [3.8, 4) is 0 Å². The first-order valence-corrected chi connectivity index (χ1v) is 10.7. The largest absolute Gasteiger partial charge is 0.280 e. The van der Waals surface area contributed by atoms with Gasteiger partial charge in [-0.25, -0.2) is 0 Å². The van der Waals surface area contributed by atoms with Crippen molar-refractivity contribution < 1.29 is 9.72 Å². The van der Waals surface area contributed by atoms with Crippen LogP contribution in [0, 0.1) is 10.1 Å². The molecular weight excluding hydrogens is 414 g/mol. The lowest BCUT2D eigenvalue weighted by atomic mass is 9.72. The summed E-state index contributed by atoms with van der Waals surface area (Å²) in [5.41, 5.74) is 3.39. The highest BCUT2D eigenvalue weighted by atomic mass is 16.6. The fourth-order valence-electron chi connectivity index (χ4n) is 4.73. The summed E-state index contributed by atoms with van der Waals surface area (Å²) in [7, 11) is 0. The van der Waals surface area contributed by atoms with Crippen LogP contribution >= 0.6 is 0 Å². The monoisotopic (exact) mass is 435 g/mol. The average Bonchev–Trinajstić information content (AvgIpc) is 3.08. The third-order valence-corrected chi connectivity index (χ3v) is 6.17. The zero-order valence-electron chi connectivity index (χ0n) is 17.8. The van der Waals surface area contributed by atoms with Crippen LogP contribution in [0.25, 0.3) is 0 Å². The van der Waals surface area contributed by atoms with E-state index in [1.54, 1.807) is 29.4 Å². The number of aromatic nitrogens is 1. The van der Waals surface area contributed by atoms with E-state index >= 15 is 0 Å². The molecule has 1 unspecified atom stereocenters. The maximum absolute atomic E-state index is 14.3. The number of carbonyl (C=O) groups excluding carboxylic acids is 1. The molecule has 0 bridgehead atoms. The van der Waals surface area contributed by atoms with Gasteiger partial charge in [0.25, 0.3) is 5.69 Å². The number of hydrogen-bond acceptors (Lipinski definition) is 4. The third kappa shape index (κ3) is 3.65. The first-order valence-electron chi connectivity index (χ1n) is 10.7. The molecule has 33 heavy (non-hydrogen) atoms. The summed E-state index contributed by atoms with van der Waals surface area (Å²) in [5, 5.41) is 11.4. The Morgan fingerprint density at radius 1 is 0.818 bits per heavy atom. The number of nitrogens with zero attached hydrogens (tertiary/aromatic N) is 3. The molecule has 0 aliphatic carbocycles. The number of benzene rings is 3. The number of rotatable bonds is 6. The molecule has 1 aromatic heterocycles. The van der Waals surface area contributed by atoms with Gasteiger partial charge in [0.05, 0.1) is 16.0 Å². The van der Waals surface area contributed by atoms with Gasteiger partial charge >= 0.3 is 0 Å². The van der Waals surface area contributed by atoms with E-state index in [4.69, 9.17) is 0 Å². The smallest absolute Gasteiger partial charge is 0.269 e. The normalized spacial score (nSPS) is 17.1. The second-order valence-electron chi connectivity index (χ2n) is 8.21. The van der Waals surface area contributed by atoms with Crippen LogP contribution in [0.15, 0.2) is 103 Å². The third-order valence-electron chi connectivity index (χ3n) is 6.17. The zero-order valence-corrected chi connectivity index (χ0v) is 17.8. The minimum atomic E-state index is -0.914. The Kier molecular flexibility index (Phi) is 5.18. The minimum absolute atomic E-state index is 0.0187. The molecule has 2 heterocycles. The van der Waals surface area contributed by atoms with E-state index in [9.17, 15) is 14.9 Å². The molecule has 0 spiro atoms. The Morgan fingerprint density at radius 2 is 1.52 bits per heavy atom. The lowest BCUT2D eigenvalue weighted by molar-refractivity contribution is -0.384. The van der Waals surface area contributed by atoms with E-state index in [1.807, 2.05) is 72.8 Å². The molecule has 1 atom stereocenters. The van der Waals surface area contributed by atoms with Crippen LogP contribution in [0.5, 0.6) is 0 Å². The predicted molar refractivity (Wildman–Crippen MR) is 126 cm³/mol. The lowest BCUT2D eigenvalue weighted by Gasteiger charge is -2.29. The molecule has 1 aliphatic rings. The van der Waals surface area contributed by atoms with Crippen molar-refractivity contribution in [1.29, 1.82) is 0 Å². The number of anilines is 2. The quantitative estimate of drug-likeness (QED) is 0.300. The molecule has 0 N–H and O–H groups in total. The first-order chi connectivity index (χ1) is 16.1. The lowest BCUT2D eigenvalue weighted by Crippen LogP contribution is -2.42. The Balaban J connectivity index is 1.69. The van der Waals surface area contributed by atoms with E-state index in [-0.39, 0.29) is 11.6 Å². The van der Waals surface area contributed by atoms with E-state index < -0.39 is 10.3 Å². The van der Waals surface area contributed by atoms with Crippen LogP contribution in [-0.4, -0.2) is 15.8 Å². The average molecular weight is 435 g/mol. The molecule has 0 saturated carbocycles. The van der Waals surface area contributed by atoms with E-state index in [2.05, 4.69) is 4.98 Å². The van der Waals surface area contributed by atoms with Gasteiger partial charge < -0.3 is 0 Å². The molecule has 5 rings (SSSR count). The molecule has 1 aliphatic heterocycles. The van der Waals surface area contributed by atoms with Crippen molar-refractivity contribution >= 4 is 23.0 Å². The van der Waals surface area contributed by atoms with Crippen LogP contribution in [-0.2, 0) is 23.1 Å². The van der Waals surface area contributed by atoms with Crippen LogP contribution in [0.3, 0.4) is 0 Å². The van der Waals surface area contributed by atoms with Crippen molar-refractivity contribution in [1.82, 2.24) is 4.98 Å². The highest BCUT2D eigenvalue weighted by Gasteiger charge is 2.51. The second-order valence-corrected chi connectivity index (χ2v) is 8.21. The van der Waals surface area contributed by atoms with E-state index in [0.717, 1.165) is 28.1 Å². The topological polar surface area (TPSA) is 76.3 Å². The summed E-state index contributed by atoms with van der Waals surface area (Å²) >= 11 is 0. The number of nitro groups is 1. The van der Waals surface area contributed by atoms with Gasteiger partial charge in [-0.2, -0.15) is 0 Å². The predicted octanol–water partition coefficient (Wildman–Crippen LogP) is 5.39. The standard InChI is InChI=1S/C27H21N3O3/c31-26-27(18-20-13-15-28-16-14-20,19-21-7-6-10-23(17-21)30(32)33)24-11-4-5-12-25(24)29(26)22-8-2-1-3-9-22/h1-17H,18-19H2. The van der Waals surface area contributed by atoms with Gasteiger partial charge in [-0.1, -0.05) is 48.5 Å². The van der Waals surface area contributed by atoms with Crippen LogP contribution in [0.1, 0.15) is 16.7 Å². The molecule has 4 aromatic rings. The molecule has 0 saturated heterocycles. The van der Waals surface area contributed by atoms with Crippen LogP contribution in [0.4, 0.5) is 17.1 Å². The number of non-ortho nitro benzene ring substituents is 1. The highest BCUT2D eigenvalue weighted by Crippen LogP contribution is 2.49. The molecular formula is C27H21N3O3. The second kappa shape index (κ2) is 8.31. The Labute approximate surface area is 191 Å². The first kappa shape index (κ1) is 20.6. The van der Waals surface area contributed by atoms with E-state index in [0.29, 0.717) is 12.8 Å². The molecule has 162 valence electrons. The summed E-state index contributed by atoms with van der Waals surface area (Å²) in [5.74, 6) is -0.0433. The molecule has 6 heteroatoms. The summed E-state index contributed by atoms with van der Waals surface area (Å²) in [6.45, 7) is 0. The Morgan fingerprint density at radius 3 is 2.27 bits per heavy atom. The number of carbonyl (C=O) groups is 1. The highest BCUT2D eigenvalue weighted by molar-refractivity contribution is 6.13. The van der Waals surface area contributed by atoms with Crippen molar-refractivity contribution in [3.63, 3.8) is 0 Å². The zero-order chi connectivity index (χ0) is 22.8. The molecule has 0 radical (unpaired) electrons. The molecule has 0 fully saturated rings. The van der Waals surface area contributed by atoms with Crippen molar-refractivity contribution in [3.05, 3.63) is 130 Å². The SMILES string of the molecule is O=C1N(c2ccccc2)c2ccccc2C1(Cc1ccncc1)Cc1cccc([N+](=O)[O-])c1. The number of fused-ring (bicyclic) bond motifs is 1. The fraction of sp³-hybridized carbons (Fsp3) is 0.111. The van der Waals surface area contributed by atoms with E-state index in [1.165, 1.54) is 6.07 Å². The number of hydrogen-bond donors (Lipinski definition) is 0. The molecule has 3 aromatic carbocycles. The number of nitro benzene ring substituents is 1. The van der Waals surface area contributed by atoms with Crippen molar-refractivity contribution in [2.75, 3.05) is 4.90 Å². The Hall–Kier alpha value is -4.32. The van der Waals surface area contributed by atoms with Gasteiger partial charge in [-0.05, 0) is 59.9 Å². The molecule has 1 amide bonds. The summed E-state index contributed by atoms with van der Waals surface area (Å²) in [4.78, 5) is 31.2. The minimum Gasteiger partial charge on any atom is -0.280 e. The summed E-state index contributed by atoms with van der Waals surface area (Å²) < 4.78 is 0.